The molecule has 0 bridgehead atoms. The van der Waals surface area contributed by atoms with Crippen LogP contribution in [0, 0.1) is 0 Å². The van der Waals surface area contributed by atoms with Crippen molar-refractivity contribution in [3.8, 4) is 10.7 Å². The summed E-state index contributed by atoms with van der Waals surface area (Å²) < 4.78 is 5.02. The van der Waals surface area contributed by atoms with Crippen molar-refractivity contribution < 1.29 is 4.74 Å². The minimum atomic E-state index is 0.720. The Bertz CT molecular complexity index is 501. The van der Waals surface area contributed by atoms with Crippen molar-refractivity contribution in [3.63, 3.8) is 0 Å². The molecule has 0 amide bonds. The maximum atomic E-state index is 5.02. The molecule has 2 rings (SSSR count). The van der Waals surface area contributed by atoms with Gasteiger partial charge in [-0.25, -0.2) is 4.98 Å². The van der Waals surface area contributed by atoms with Crippen LogP contribution in [0.25, 0.3) is 10.7 Å². The molecule has 5 nitrogen and oxygen atoms in total. The Kier molecular flexibility index (Phi) is 5.38. The van der Waals surface area contributed by atoms with Crippen LogP contribution in [0.1, 0.15) is 17.5 Å². The number of nitrogens with zero attached hydrogens (tertiary/aromatic N) is 3. The highest BCUT2D eigenvalue weighted by molar-refractivity contribution is 7.15. The quantitative estimate of drug-likeness (QED) is 0.784. The standard InChI is InChI=1S/C13H18N4OS/c1-3-10-12(9-15-6-7-18-2)19-13(17-10)11-8-14-4-5-16-11/h4-5,8,15H,3,6-7,9H2,1-2H3. The maximum Gasteiger partial charge on any atom is 0.144 e. The van der Waals surface area contributed by atoms with E-state index >= 15 is 0 Å². The van der Waals surface area contributed by atoms with Gasteiger partial charge in [0.25, 0.3) is 0 Å². The highest BCUT2D eigenvalue weighted by atomic mass is 32.1. The number of nitrogens with one attached hydrogen (secondary N) is 1. The summed E-state index contributed by atoms with van der Waals surface area (Å²) in [6.07, 6.45) is 6.04. The normalized spacial score (nSPS) is 10.8. The molecule has 0 aliphatic carbocycles. The molecule has 0 aliphatic rings. The van der Waals surface area contributed by atoms with Crippen LogP contribution in [0.2, 0.25) is 0 Å². The van der Waals surface area contributed by atoms with Gasteiger partial charge in [-0.1, -0.05) is 6.92 Å². The molecule has 0 saturated heterocycles. The molecule has 0 spiro atoms. The van der Waals surface area contributed by atoms with Crippen LogP contribution in [0.4, 0.5) is 0 Å². The van der Waals surface area contributed by atoms with Gasteiger partial charge in [-0.3, -0.25) is 9.97 Å². The van der Waals surface area contributed by atoms with Crippen molar-refractivity contribution in [2.45, 2.75) is 19.9 Å². The Morgan fingerprint density at radius 2 is 2.26 bits per heavy atom. The highest BCUT2D eigenvalue weighted by Gasteiger charge is 2.11. The van der Waals surface area contributed by atoms with Gasteiger partial charge in [0.05, 0.1) is 18.5 Å². The molecule has 0 fully saturated rings. The van der Waals surface area contributed by atoms with Gasteiger partial charge in [-0.05, 0) is 6.42 Å². The molecule has 2 aromatic rings. The predicted octanol–water partition coefficient (Wildman–Crippen LogP) is 1.90. The first-order chi connectivity index (χ1) is 9.35. The first-order valence-corrected chi connectivity index (χ1v) is 7.11. The van der Waals surface area contributed by atoms with E-state index in [0.717, 1.165) is 42.5 Å². The van der Waals surface area contributed by atoms with E-state index in [1.807, 2.05) is 0 Å². The molecule has 0 aliphatic heterocycles. The van der Waals surface area contributed by atoms with Crippen molar-refractivity contribution in [2.75, 3.05) is 20.3 Å². The minimum absolute atomic E-state index is 0.720. The van der Waals surface area contributed by atoms with Crippen LogP contribution >= 0.6 is 11.3 Å². The van der Waals surface area contributed by atoms with Crippen LogP contribution in [-0.4, -0.2) is 35.2 Å². The summed E-state index contributed by atoms with van der Waals surface area (Å²) in [7, 11) is 1.71. The van der Waals surface area contributed by atoms with E-state index in [4.69, 9.17) is 4.74 Å². The van der Waals surface area contributed by atoms with Crippen LogP contribution in [0.15, 0.2) is 18.6 Å². The summed E-state index contributed by atoms with van der Waals surface area (Å²) >= 11 is 1.68. The maximum absolute atomic E-state index is 5.02. The number of thiazole rings is 1. The molecule has 102 valence electrons. The minimum Gasteiger partial charge on any atom is -0.383 e. The molecule has 2 aromatic heterocycles. The fraction of sp³-hybridized carbons (Fsp3) is 0.462. The molecular formula is C13H18N4OS. The van der Waals surface area contributed by atoms with Crippen LogP contribution in [-0.2, 0) is 17.7 Å². The van der Waals surface area contributed by atoms with Gasteiger partial charge >= 0.3 is 0 Å². The average molecular weight is 278 g/mol. The Hall–Kier alpha value is -1.37. The molecule has 1 N–H and O–H groups in total. The van der Waals surface area contributed by atoms with E-state index in [1.54, 1.807) is 37.0 Å². The Morgan fingerprint density at radius 3 is 2.95 bits per heavy atom. The first kappa shape index (κ1) is 14.0. The fourth-order valence-corrected chi connectivity index (χ4v) is 2.77. The summed E-state index contributed by atoms with van der Waals surface area (Å²) in [6, 6.07) is 0. The number of aromatic nitrogens is 3. The van der Waals surface area contributed by atoms with E-state index in [0.29, 0.717) is 0 Å². The van der Waals surface area contributed by atoms with E-state index in [2.05, 4.69) is 27.2 Å². The lowest BCUT2D eigenvalue weighted by Gasteiger charge is -2.02. The van der Waals surface area contributed by atoms with Crippen LogP contribution < -0.4 is 5.32 Å². The van der Waals surface area contributed by atoms with Crippen molar-refractivity contribution in [1.29, 1.82) is 0 Å². The summed E-state index contributed by atoms with van der Waals surface area (Å²) in [4.78, 5) is 14.3. The second kappa shape index (κ2) is 7.28. The molecular weight excluding hydrogens is 260 g/mol. The van der Waals surface area contributed by atoms with Crippen molar-refractivity contribution in [3.05, 3.63) is 29.2 Å². The lowest BCUT2D eigenvalue weighted by atomic mass is 10.3. The molecule has 0 atom stereocenters. The Balaban J connectivity index is 2.09. The molecule has 19 heavy (non-hydrogen) atoms. The lowest BCUT2D eigenvalue weighted by molar-refractivity contribution is 0.199. The number of aryl methyl sites for hydroxylation is 1. The number of ether oxygens (including phenoxy) is 1. The van der Waals surface area contributed by atoms with Gasteiger partial charge in [-0.15, -0.1) is 11.3 Å². The van der Waals surface area contributed by atoms with Gasteiger partial charge < -0.3 is 10.1 Å². The lowest BCUT2D eigenvalue weighted by Crippen LogP contribution is -2.18. The average Bonchev–Trinajstić information content (AvgIpc) is 2.88. The second-order valence-electron chi connectivity index (χ2n) is 4.00. The number of rotatable bonds is 7. The van der Waals surface area contributed by atoms with Gasteiger partial charge in [-0.2, -0.15) is 0 Å². The molecule has 6 heteroatoms. The predicted molar refractivity (Wildman–Crippen MR) is 76.1 cm³/mol. The van der Waals surface area contributed by atoms with Gasteiger partial charge in [0.1, 0.15) is 10.7 Å². The third-order valence-electron chi connectivity index (χ3n) is 2.66. The monoisotopic (exact) mass is 278 g/mol. The second-order valence-corrected chi connectivity index (χ2v) is 5.09. The van der Waals surface area contributed by atoms with Crippen LogP contribution in [0.5, 0.6) is 0 Å². The van der Waals surface area contributed by atoms with E-state index in [1.165, 1.54) is 4.88 Å². The third-order valence-corrected chi connectivity index (χ3v) is 3.78. The fourth-order valence-electron chi connectivity index (χ4n) is 1.69. The molecule has 0 aromatic carbocycles. The molecule has 2 heterocycles. The van der Waals surface area contributed by atoms with E-state index in [-0.39, 0.29) is 0 Å². The zero-order chi connectivity index (χ0) is 13.5. The van der Waals surface area contributed by atoms with Crippen LogP contribution in [0.3, 0.4) is 0 Å². The molecule has 0 unspecified atom stereocenters. The summed E-state index contributed by atoms with van der Waals surface area (Å²) in [6.45, 7) is 4.51. The van der Waals surface area contributed by atoms with E-state index < -0.39 is 0 Å². The zero-order valence-electron chi connectivity index (χ0n) is 11.2. The molecule has 0 saturated carbocycles. The summed E-state index contributed by atoms with van der Waals surface area (Å²) in [5.41, 5.74) is 1.97. The topological polar surface area (TPSA) is 59.9 Å². The molecule has 0 radical (unpaired) electrons. The smallest absolute Gasteiger partial charge is 0.144 e. The first-order valence-electron chi connectivity index (χ1n) is 6.29. The van der Waals surface area contributed by atoms with Gasteiger partial charge in [0.15, 0.2) is 0 Å². The van der Waals surface area contributed by atoms with Crippen molar-refractivity contribution in [1.82, 2.24) is 20.3 Å². The zero-order valence-corrected chi connectivity index (χ0v) is 12.0. The Morgan fingerprint density at radius 1 is 1.37 bits per heavy atom. The number of methoxy groups -OCH3 is 1. The SMILES string of the molecule is CCc1nc(-c2cnccn2)sc1CNCCOC. The number of hydrogen-bond acceptors (Lipinski definition) is 6. The third kappa shape index (κ3) is 3.79. The summed E-state index contributed by atoms with van der Waals surface area (Å²) in [5, 5.41) is 4.29. The summed E-state index contributed by atoms with van der Waals surface area (Å²) in [5.74, 6) is 0. The van der Waals surface area contributed by atoms with Gasteiger partial charge in [0.2, 0.25) is 0 Å². The van der Waals surface area contributed by atoms with Crippen molar-refractivity contribution in [2.24, 2.45) is 0 Å². The highest BCUT2D eigenvalue weighted by Crippen LogP contribution is 2.26. The van der Waals surface area contributed by atoms with E-state index in [9.17, 15) is 0 Å². The number of hydrogen-bond donors (Lipinski definition) is 1. The largest absolute Gasteiger partial charge is 0.383 e. The Labute approximate surface area is 117 Å². The van der Waals surface area contributed by atoms with Crippen molar-refractivity contribution >= 4 is 11.3 Å². The van der Waals surface area contributed by atoms with Gasteiger partial charge in [0, 0.05) is 37.5 Å².